The van der Waals surface area contributed by atoms with Crippen molar-refractivity contribution >= 4 is 11.8 Å². The lowest BCUT2D eigenvalue weighted by atomic mass is 10.1. The molecule has 0 bridgehead atoms. The highest BCUT2D eigenvalue weighted by Gasteiger charge is 2.38. The molecule has 1 saturated heterocycles. The van der Waals surface area contributed by atoms with E-state index >= 15 is 0 Å². The minimum atomic E-state index is -0.169. The normalized spacial score (nSPS) is 21.8. The molecule has 2 aliphatic rings. The van der Waals surface area contributed by atoms with E-state index < -0.39 is 0 Å². The molecule has 2 fully saturated rings. The molecule has 5 heteroatoms. The highest BCUT2D eigenvalue weighted by Crippen LogP contribution is 2.29. The van der Waals surface area contributed by atoms with Gasteiger partial charge in [0.25, 0.3) is 0 Å². The molecule has 1 aromatic rings. The predicted octanol–water partition coefficient (Wildman–Crippen LogP) is 1.92. The molecule has 5 nitrogen and oxygen atoms in total. The van der Waals surface area contributed by atoms with E-state index in [9.17, 15) is 9.59 Å². The number of hydrogen-bond acceptors (Lipinski definition) is 3. The first-order valence-corrected chi connectivity index (χ1v) is 8.71. The third-order valence-corrected chi connectivity index (χ3v) is 4.93. The Balaban J connectivity index is 1.39. The Bertz CT molecular complexity index is 540. The third-order valence-electron chi connectivity index (χ3n) is 4.93. The predicted molar refractivity (Wildman–Crippen MR) is 87.6 cm³/mol. The molecular weight excluding hydrogens is 290 g/mol. The van der Waals surface area contributed by atoms with Gasteiger partial charge in [-0.25, -0.2) is 0 Å². The van der Waals surface area contributed by atoms with Gasteiger partial charge < -0.3 is 10.2 Å². The van der Waals surface area contributed by atoms with Crippen LogP contribution < -0.4 is 5.32 Å². The highest BCUT2D eigenvalue weighted by atomic mass is 16.2. The molecule has 1 N–H and O–H groups in total. The Labute approximate surface area is 137 Å². The van der Waals surface area contributed by atoms with E-state index in [0.717, 1.165) is 31.4 Å². The van der Waals surface area contributed by atoms with Crippen LogP contribution in [-0.4, -0.2) is 40.8 Å². The molecule has 1 aliphatic carbocycles. The van der Waals surface area contributed by atoms with E-state index in [2.05, 4.69) is 10.3 Å². The fraction of sp³-hybridized carbons (Fsp3) is 0.611. The Kier molecular flexibility index (Phi) is 5.26. The van der Waals surface area contributed by atoms with E-state index in [-0.39, 0.29) is 17.7 Å². The molecule has 0 spiro atoms. The van der Waals surface area contributed by atoms with E-state index in [4.69, 9.17) is 0 Å². The van der Waals surface area contributed by atoms with E-state index in [1.165, 1.54) is 12.8 Å². The molecule has 0 aromatic carbocycles. The SMILES string of the molecule is O=C(NCCCc1ccccn1)[C@H]1CC(=O)N(C2CCCC2)C1. The van der Waals surface area contributed by atoms with Crippen molar-refractivity contribution in [3.8, 4) is 0 Å². The number of likely N-dealkylation sites (tertiary alicyclic amines) is 1. The molecule has 1 saturated carbocycles. The number of hydrogen-bond donors (Lipinski definition) is 1. The van der Waals surface area contributed by atoms with Gasteiger partial charge in [-0.05, 0) is 37.8 Å². The van der Waals surface area contributed by atoms with Gasteiger partial charge in [0, 0.05) is 37.4 Å². The fourth-order valence-electron chi connectivity index (χ4n) is 3.65. The molecule has 1 atom stereocenters. The standard InChI is InChI=1S/C18H25N3O2/c22-17-12-14(13-21(17)16-8-1-2-9-16)18(23)20-11-5-7-15-6-3-4-10-19-15/h3-4,6,10,14,16H,1-2,5,7-9,11-13H2,(H,20,23)/t14-/m0/s1. The Morgan fingerprint density at radius 1 is 1.30 bits per heavy atom. The minimum Gasteiger partial charge on any atom is -0.356 e. The van der Waals surface area contributed by atoms with Crippen molar-refractivity contribution in [3.05, 3.63) is 30.1 Å². The summed E-state index contributed by atoms with van der Waals surface area (Å²) in [6.07, 6.45) is 8.51. The summed E-state index contributed by atoms with van der Waals surface area (Å²) in [5, 5.41) is 2.98. The van der Waals surface area contributed by atoms with Crippen molar-refractivity contribution in [2.45, 2.75) is 51.0 Å². The maximum Gasteiger partial charge on any atom is 0.225 e. The lowest BCUT2D eigenvalue weighted by Crippen LogP contribution is -2.37. The Morgan fingerprint density at radius 2 is 2.13 bits per heavy atom. The van der Waals surface area contributed by atoms with Crippen molar-refractivity contribution in [2.24, 2.45) is 5.92 Å². The minimum absolute atomic E-state index is 0.0277. The van der Waals surface area contributed by atoms with Gasteiger partial charge in [-0.15, -0.1) is 0 Å². The van der Waals surface area contributed by atoms with Gasteiger partial charge in [0.2, 0.25) is 11.8 Å². The van der Waals surface area contributed by atoms with Crippen LogP contribution >= 0.6 is 0 Å². The summed E-state index contributed by atoms with van der Waals surface area (Å²) < 4.78 is 0. The quantitative estimate of drug-likeness (QED) is 0.816. The lowest BCUT2D eigenvalue weighted by Gasteiger charge is -2.23. The number of nitrogens with one attached hydrogen (secondary N) is 1. The first kappa shape index (κ1) is 16.0. The average Bonchev–Trinajstić information content (AvgIpc) is 3.21. The van der Waals surface area contributed by atoms with E-state index in [1.807, 2.05) is 23.1 Å². The van der Waals surface area contributed by atoms with Crippen LogP contribution in [0.2, 0.25) is 0 Å². The number of aryl methyl sites for hydroxylation is 1. The van der Waals surface area contributed by atoms with Gasteiger partial charge in [0.1, 0.15) is 0 Å². The van der Waals surface area contributed by atoms with Gasteiger partial charge in [-0.3, -0.25) is 14.6 Å². The van der Waals surface area contributed by atoms with Crippen LogP contribution in [0, 0.1) is 5.92 Å². The number of amides is 2. The smallest absolute Gasteiger partial charge is 0.225 e. The first-order chi connectivity index (χ1) is 11.2. The van der Waals surface area contributed by atoms with Crippen LogP contribution in [0.15, 0.2) is 24.4 Å². The van der Waals surface area contributed by atoms with Crippen LogP contribution in [-0.2, 0) is 16.0 Å². The maximum absolute atomic E-state index is 12.3. The molecule has 1 aromatic heterocycles. The first-order valence-electron chi connectivity index (χ1n) is 8.71. The molecule has 2 amide bonds. The van der Waals surface area contributed by atoms with Crippen LogP contribution in [0.1, 0.15) is 44.2 Å². The number of rotatable bonds is 6. The van der Waals surface area contributed by atoms with E-state index in [0.29, 0.717) is 25.6 Å². The monoisotopic (exact) mass is 315 g/mol. The largest absolute Gasteiger partial charge is 0.356 e. The zero-order chi connectivity index (χ0) is 16.1. The third kappa shape index (κ3) is 4.09. The summed E-state index contributed by atoms with van der Waals surface area (Å²) >= 11 is 0. The van der Waals surface area contributed by atoms with Crippen LogP contribution in [0.4, 0.5) is 0 Å². The van der Waals surface area contributed by atoms with Crippen molar-refractivity contribution in [1.29, 1.82) is 0 Å². The van der Waals surface area contributed by atoms with Gasteiger partial charge in [-0.1, -0.05) is 18.9 Å². The zero-order valence-electron chi connectivity index (χ0n) is 13.5. The fourth-order valence-corrected chi connectivity index (χ4v) is 3.65. The second-order valence-electron chi connectivity index (χ2n) is 6.60. The summed E-state index contributed by atoms with van der Waals surface area (Å²) in [4.78, 5) is 30.6. The molecule has 23 heavy (non-hydrogen) atoms. The second kappa shape index (κ2) is 7.57. The number of pyridine rings is 1. The van der Waals surface area contributed by atoms with Crippen LogP contribution in [0.3, 0.4) is 0 Å². The van der Waals surface area contributed by atoms with Gasteiger partial charge in [0.15, 0.2) is 0 Å². The molecule has 1 aliphatic heterocycles. The van der Waals surface area contributed by atoms with Crippen molar-refractivity contribution in [3.63, 3.8) is 0 Å². The zero-order valence-corrected chi connectivity index (χ0v) is 13.5. The molecule has 0 radical (unpaired) electrons. The Morgan fingerprint density at radius 3 is 2.87 bits per heavy atom. The lowest BCUT2D eigenvalue weighted by molar-refractivity contribution is -0.130. The molecule has 3 rings (SSSR count). The summed E-state index contributed by atoms with van der Waals surface area (Å²) in [7, 11) is 0. The molecular formula is C18H25N3O2. The highest BCUT2D eigenvalue weighted by molar-refractivity contribution is 5.89. The number of carbonyl (C=O) groups is 2. The van der Waals surface area contributed by atoms with Crippen LogP contribution in [0.25, 0.3) is 0 Å². The second-order valence-corrected chi connectivity index (χ2v) is 6.60. The van der Waals surface area contributed by atoms with E-state index in [1.54, 1.807) is 6.20 Å². The van der Waals surface area contributed by atoms with Gasteiger partial charge in [0.05, 0.1) is 5.92 Å². The maximum atomic E-state index is 12.3. The Hall–Kier alpha value is -1.91. The summed E-state index contributed by atoms with van der Waals surface area (Å²) in [5.74, 6) is 0.0170. The van der Waals surface area contributed by atoms with Gasteiger partial charge >= 0.3 is 0 Å². The van der Waals surface area contributed by atoms with Gasteiger partial charge in [-0.2, -0.15) is 0 Å². The van der Waals surface area contributed by atoms with Crippen molar-refractivity contribution < 1.29 is 9.59 Å². The van der Waals surface area contributed by atoms with Crippen molar-refractivity contribution in [2.75, 3.05) is 13.1 Å². The number of nitrogens with zero attached hydrogens (tertiary/aromatic N) is 2. The summed E-state index contributed by atoms with van der Waals surface area (Å²) in [6, 6.07) is 6.25. The molecule has 0 unspecified atom stereocenters. The number of aromatic nitrogens is 1. The molecule has 124 valence electrons. The van der Waals surface area contributed by atoms with Crippen LogP contribution in [0.5, 0.6) is 0 Å². The average molecular weight is 315 g/mol. The number of carbonyl (C=O) groups excluding carboxylic acids is 2. The van der Waals surface area contributed by atoms with Crippen molar-refractivity contribution in [1.82, 2.24) is 15.2 Å². The molecule has 2 heterocycles. The summed E-state index contributed by atoms with van der Waals surface area (Å²) in [6.45, 7) is 1.25. The summed E-state index contributed by atoms with van der Waals surface area (Å²) in [5.41, 5.74) is 1.05. The topological polar surface area (TPSA) is 62.3 Å².